The van der Waals surface area contributed by atoms with Gasteiger partial charge in [-0.15, -0.1) is 0 Å². The standard InChI is InChI=1S/C24H30N2O4/c1-17-7-6-10-22(18(17)2)26-23(27)15-30-24(28)16-29-21-13-11-20(12-14-21)25-19-8-4-3-5-9-19/h3-5,8-9,11-14,17-18,22,25H,6-7,10,15-16H2,1-2H3,(H,26,27)/t17-,18+,22-/m0/s1. The highest BCUT2D eigenvalue weighted by Crippen LogP contribution is 2.29. The van der Waals surface area contributed by atoms with Gasteiger partial charge >= 0.3 is 5.97 Å². The van der Waals surface area contributed by atoms with Crippen molar-refractivity contribution in [2.45, 2.75) is 39.2 Å². The Morgan fingerprint density at radius 2 is 1.63 bits per heavy atom. The molecule has 0 bridgehead atoms. The summed E-state index contributed by atoms with van der Waals surface area (Å²) >= 11 is 0. The number of carbonyl (C=O) groups excluding carboxylic acids is 2. The van der Waals surface area contributed by atoms with Gasteiger partial charge in [0.15, 0.2) is 13.2 Å². The molecule has 3 rings (SSSR count). The number of amides is 1. The molecule has 1 amide bonds. The Labute approximate surface area is 178 Å². The van der Waals surface area contributed by atoms with Gasteiger partial charge in [-0.3, -0.25) is 4.79 Å². The van der Waals surface area contributed by atoms with Crippen molar-refractivity contribution in [3.63, 3.8) is 0 Å². The van der Waals surface area contributed by atoms with Gasteiger partial charge < -0.3 is 20.1 Å². The van der Waals surface area contributed by atoms with Gasteiger partial charge in [0.1, 0.15) is 5.75 Å². The number of hydrogen-bond donors (Lipinski definition) is 2. The summed E-state index contributed by atoms with van der Waals surface area (Å²) in [6, 6.07) is 17.3. The molecule has 0 aliphatic heterocycles. The van der Waals surface area contributed by atoms with Crippen LogP contribution in [0, 0.1) is 11.8 Å². The maximum atomic E-state index is 12.1. The molecule has 2 N–H and O–H groups in total. The highest BCUT2D eigenvalue weighted by molar-refractivity contribution is 5.81. The highest BCUT2D eigenvalue weighted by Gasteiger charge is 2.28. The minimum atomic E-state index is -0.568. The largest absolute Gasteiger partial charge is 0.482 e. The van der Waals surface area contributed by atoms with Gasteiger partial charge in [0.25, 0.3) is 5.91 Å². The molecule has 6 heteroatoms. The molecule has 160 valence electrons. The Kier molecular flexibility index (Phi) is 7.71. The Bertz CT molecular complexity index is 823. The third-order valence-electron chi connectivity index (χ3n) is 5.69. The maximum absolute atomic E-state index is 12.1. The Morgan fingerprint density at radius 3 is 2.37 bits per heavy atom. The smallest absolute Gasteiger partial charge is 0.344 e. The Balaban J connectivity index is 1.36. The molecular formula is C24H30N2O4. The summed E-state index contributed by atoms with van der Waals surface area (Å²) in [6.07, 6.45) is 3.29. The molecule has 0 heterocycles. The molecule has 1 fully saturated rings. The predicted octanol–water partition coefficient (Wildman–Crippen LogP) is 4.29. The number of benzene rings is 2. The molecule has 3 atom stereocenters. The van der Waals surface area contributed by atoms with E-state index >= 15 is 0 Å². The molecule has 0 radical (unpaired) electrons. The van der Waals surface area contributed by atoms with E-state index in [0.717, 1.165) is 24.2 Å². The number of esters is 1. The predicted molar refractivity (Wildman–Crippen MR) is 117 cm³/mol. The Morgan fingerprint density at radius 1 is 0.933 bits per heavy atom. The molecule has 0 unspecified atom stereocenters. The van der Waals surface area contributed by atoms with E-state index in [1.54, 1.807) is 12.1 Å². The lowest BCUT2D eigenvalue weighted by Gasteiger charge is -2.34. The first-order valence-electron chi connectivity index (χ1n) is 10.5. The number of carbonyl (C=O) groups is 2. The lowest BCUT2D eigenvalue weighted by atomic mass is 9.78. The summed E-state index contributed by atoms with van der Waals surface area (Å²) in [5, 5.41) is 6.27. The zero-order valence-corrected chi connectivity index (χ0v) is 17.6. The highest BCUT2D eigenvalue weighted by atomic mass is 16.6. The van der Waals surface area contributed by atoms with Crippen LogP contribution in [0.4, 0.5) is 11.4 Å². The van der Waals surface area contributed by atoms with Crippen molar-refractivity contribution in [3.8, 4) is 5.75 Å². The van der Waals surface area contributed by atoms with Crippen LogP contribution in [0.15, 0.2) is 54.6 Å². The average Bonchev–Trinajstić information content (AvgIpc) is 2.76. The number of hydrogen-bond acceptors (Lipinski definition) is 5. The van der Waals surface area contributed by atoms with Crippen LogP contribution in [0.2, 0.25) is 0 Å². The van der Waals surface area contributed by atoms with Crippen LogP contribution in [0.3, 0.4) is 0 Å². The van der Waals surface area contributed by atoms with Crippen LogP contribution in [-0.4, -0.2) is 31.1 Å². The van der Waals surface area contributed by atoms with Crippen LogP contribution >= 0.6 is 0 Å². The van der Waals surface area contributed by atoms with Gasteiger partial charge in [0.2, 0.25) is 0 Å². The van der Waals surface area contributed by atoms with Crippen molar-refractivity contribution < 1.29 is 19.1 Å². The van der Waals surface area contributed by atoms with E-state index in [2.05, 4.69) is 24.5 Å². The van der Waals surface area contributed by atoms with Crippen molar-refractivity contribution >= 4 is 23.3 Å². The second-order valence-electron chi connectivity index (χ2n) is 7.91. The SMILES string of the molecule is C[C@H]1[C@@H](NC(=O)COC(=O)COc2ccc(Nc3ccccc3)cc2)CCC[C@@H]1C. The molecule has 6 nitrogen and oxygen atoms in total. The zero-order valence-electron chi connectivity index (χ0n) is 17.6. The van der Waals surface area contributed by atoms with Crippen molar-refractivity contribution in [3.05, 3.63) is 54.6 Å². The van der Waals surface area contributed by atoms with Crippen LogP contribution in [0.1, 0.15) is 33.1 Å². The quantitative estimate of drug-likeness (QED) is 0.635. The van der Waals surface area contributed by atoms with E-state index in [1.165, 1.54) is 6.42 Å². The lowest BCUT2D eigenvalue weighted by Crippen LogP contribution is -2.45. The molecule has 1 saturated carbocycles. The van der Waals surface area contributed by atoms with Crippen molar-refractivity contribution in [1.82, 2.24) is 5.32 Å². The van der Waals surface area contributed by atoms with E-state index in [0.29, 0.717) is 17.6 Å². The molecule has 1 aliphatic rings. The van der Waals surface area contributed by atoms with Crippen LogP contribution in [0.25, 0.3) is 0 Å². The van der Waals surface area contributed by atoms with Crippen LogP contribution in [0.5, 0.6) is 5.75 Å². The first-order chi connectivity index (χ1) is 14.5. The van der Waals surface area contributed by atoms with Gasteiger partial charge in [0.05, 0.1) is 0 Å². The maximum Gasteiger partial charge on any atom is 0.344 e. The Hall–Kier alpha value is -3.02. The summed E-state index contributed by atoms with van der Waals surface area (Å²) in [7, 11) is 0. The number of nitrogens with one attached hydrogen (secondary N) is 2. The van der Waals surface area contributed by atoms with Gasteiger partial charge in [-0.2, -0.15) is 0 Å². The molecule has 2 aromatic rings. The van der Waals surface area contributed by atoms with E-state index in [4.69, 9.17) is 9.47 Å². The molecule has 2 aromatic carbocycles. The molecule has 30 heavy (non-hydrogen) atoms. The lowest BCUT2D eigenvalue weighted by molar-refractivity contribution is -0.150. The summed E-state index contributed by atoms with van der Waals surface area (Å²) in [5.41, 5.74) is 1.91. The van der Waals surface area contributed by atoms with Crippen molar-refractivity contribution in [1.29, 1.82) is 0 Å². The fourth-order valence-electron chi connectivity index (χ4n) is 3.69. The molecule has 0 aromatic heterocycles. The summed E-state index contributed by atoms with van der Waals surface area (Å²) in [6.45, 7) is 3.86. The minimum Gasteiger partial charge on any atom is -0.482 e. The molecular weight excluding hydrogens is 380 g/mol. The zero-order chi connectivity index (χ0) is 21.3. The van der Waals surface area contributed by atoms with Gasteiger partial charge in [0, 0.05) is 17.4 Å². The summed E-state index contributed by atoms with van der Waals surface area (Å²) < 4.78 is 10.5. The summed E-state index contributed by atoms with van der Waals surface area (Å²) in [5.74, 6) is 0.753. The average molecular weight is 411 g/mol. The third-order valence-corrected chi connectivity index (χ3v) is 5.69. The molecule has 1 aliphatic carbocycles. The van der Waals surface area contributed by atoms with E-state index in [-0.39, 0.29) is 25.2 Å². The number of anilines is 2. The topological polar surface area (TPSA) is 76.7 Å². The number of ether oxygens (including phenoxy) is 2. The number of rotatable bonds is 8. The monoisotopic (exact) mass is 410 g/mol. The van der Waals surface area contributed by atoms with Gasteiger partial charge in [-0.1, -0.05) is 44.9 Å². The van der Waals surface area contributed by atoms with Gasteiger partial charge in [-0.05, 0) is 54.7 Å². The van der Waals surface area contributed by atoms with E-state index in [1.807, 2.05) is 42.5 Å². The summed E-state index contributed by atoms with van der Waals surface area (Å²) in [4.78, 5) is 24.0. The first kappa shape index (κ1) is 21.7. The second kappa shape index (κ2) is 10.7. The van der Waals surface area contributed by atoms with E-state index < -0.39 is 5.97 Å². The van der Waals surface area contributed by atoms with Gasteiger partial charge in [-0.25, -0.2) is 4.79 Å². The first-order valence-corrected chi connectivity index (χ1v) is 10.5. The van der Waals surface area contributed by atoms with Crippen molar-refractivity contribution in [2.75, 3.05) is 18.5 Å². The van der Waals surface area contributed by atoms with E-state index in [9.17, 15) is 9.59 Å². The van der Waals surface area contributed by atoms with Crippen LogP contribution < -0.4 is 15.4 Å². The fourth-order valence-corrected chi connectivity index (χ4v) is 3.69. The van der Waals surface area contributed by atoms with Crippen LogP contribution in [-0.2, 0) is 14.3 Å². The second-order valence-corrected chi connectivity index (χ2v) is 7.91. The normalized spacial score (nSPS) is 20.8. The molecule has 0 spiro atoms. The van der Waals surface area contributed by atoms with Crippen molar-refractivity contribution in [2.24, 2.45) is 11.8 Å². The third kappa shape index (κ3) is 6.51. The minimum absolute atomic E-state index is 0.152. The number of para-hydroxylation sites is 1. The fraction of sp³-hybridized carbons (Fsp3) is 0.417. The molecule has 0 saturated heterocycles.